The molecule has 0 amide bonds. The molecule has 2 aliphatic rings. The lowest BCUT2D eigenvalue weighted by Crippen LogP contribution is -2.41. The van der Waals surface area contributed by atoms with Crippen molar-refractivity contribution in [3.8, 4) is 5.88 Å². The summed E-state index contributed by atoms with van der Waals surface area (Å²) < 4.78 is 1.94. The van der Waals surface area contributed by atoms with Gasteiger partial charge in [0.1, 0.15) is 5.71 Å². The highest BCUT2D eigenvalue weighted by atomic mass is 32.2. The van der Waals surface area contributed by atoms with Gasteiger partial charge in [-0.1, -0.05) is 55.5 Å². The zero-order valence-electron chi connectivity index (χ0n) is 16.5. The third kappa shape index (κ3) is 2.38. The second-order valence-electron chi connectivity index (χ2n) is 8.58. The molecular formula is C23H21N3O2S. The fraction of sp³-hybridized carbons (Fsp3) is 0.261. The lowest BCUT2D eigenvalue weighted by atomic mass is 9.66. The quantitative estimate of drug-likeness (QED) is 0.646. The van der Waals surface area contributed by atoms with Crippen LogP contribution in [-0.4, -0.2) is 25.7 Å². The maximum absolute atomic E-state index is 12.5. The highest BCUT2D eigenvalue weighted by Gasteiger charge is 2.46. The summed E-state index contributed by atoms with van der Waals surface area (Å²) in [6.45, 7) is 6.47. The predicted molar refractivity (Wildman–Crippen MR) is 117 cm³/mol. The molecule has 2 aromatic carbocycles. The van der Waals surface area contributed by atoms with Crippen molar-refractivity contribution >= 4 is 38.7 Å². The van der Waals surface area contributed by atoms with Crippen LogP contribution in [0, 0.1) is 5.41 Å². The number of aliphatic imine (C=N–C) groups is 1. The van der Waals surface area contributed by atoms with Crippen LogP contribution in [0.1, 0.15) is 43.9 Å². The maximum Gasteiger partial charge on any atom is 0.246 e. The molecule has 0 aliphatic carbocycles. The minimum Gasteiger partial charge on any atom is -0.494 e. The molecule has 0 saturated carbocycles. The summed E-state index contributed by atoms with van der Waals surface area (Å²) in [4.78, 5) is 16.6. The van der Waals surface area contributed by atoms with Gasteiger partial charge in [0, 0.05) is 16.3 Å². The first-order valence-electron chi connectivity index (χ1n) is 9.57. The molecule has 146 valence electrons. The van der Waals surface area contributed by atoms with E-state index in [9.17, 15) is 9.90 Å². The van der Waals surface area contributed by atoms with Crippen LogP contribution in [0.5, 0.6) is 5.88 Å². The van der Waals surface area contributed by atoms with Crippen molar-refractivity contribution < 1.29 is 9.90 Å². The van der Waals surface area contributed by atoms with E-state index in [1.807, 2.05) is 22.8 Å². The lowest BCUT2D eigenvalue weighted by Gasteiger charge is -2.45. The first kappa shape index (κ1) is 18.2. The number of aromatic nitrogens is 1. The molecule has 6 heteroatoms. The molecule has 2 N–H and O–H groups in total. The van der Waals surface area contributed by atoms with Gasteiger partial charge in [-0.3, -0.25) is 10.2 Å². The molecular weight excluding hydrogens is 382 g/mol. The zero-order chi connectivity index (χ0) is 20.6. The Labute approximate surface area is 173 Å². The fourth-order valence-corrected chi connectivity index (χ4v) is 5.72. The largest absolute Gasteiger partial charge is 0.494 e. The van der Waals surface area contributed by atoms with Gasteiger partial charge < -0.3 is 9.67 Å². The SMILES string of the molecule is CC1(c2ccccc2)CC(C)(C)n2c(O)c(C3=NC(=N)SC3=O)c3cccc1c32. The van der Waals surface area contributed by atoms with E-state index < -0.39 is 0 Å². The van der Waals surface area contributed by atoms with Gasteiger partial charge in [0.05, 0.1) is 11.1 Å². The van der Waals surface area contributed by atoms with E-state index in [0.29, 0.717) is 5.56 Å². The Morgan fingerprint density at radius 3 is 2.48 bits per heavy atom. The number of hydrogen-bond acceptors (Lipinski definition) is 4. The van der Waals surface area contributed by atoms with Gasteiger partial charge in [0.25, 0.3) is 0 Å². The molecule has 0 spiro atoms. The van der Waals surface area contributed by atoms with Gasteiger partial charge in [-0.25, -0.2) is 4.99 Å². The summed E-state index contributed by atoms with van der Waals surface area (Å²) in [5.41, 5.74) is 3.25. The van der Waals surface area contributed by atoms with E-state index in [1.54, 1.807) is 0 Å². The Hall–Kier alpha value is -2.86. The number of hydrogen-bond donors (Lipinski definition) is 2. The molecule has 0 radical (unpaired) electrons. The molecule has 3 aromatic rings. The summed E-state index contributed by atoms with van der Waals surface area (Å²) in [6.07, 6.45) is 0.794. The van der Waals surface area contributed by atoms with E-state index >= 15 is 0 Å². The van der Waals surface area contributed by atoms with Crippen molar-refractivity contribution in [3.05, 3.63) is 65.2 Å². The molecule has 1 aromatic heterocycles. The van der Waals surface area contributed by atoms with Crippen molar-refractivity contribution in [2.45, 2.75) is 38.1 Å². The van der Waals surface area contributed by atoms with Crippen molar-refractivity contribution in [1.82, 2.24) is 4.57 Å². The first-order chi connectivity index (χ1) is 13.7. The van der Waals surface area contributed by atoms with Crippen molar-refractivity contribution in [1.29, 1.82) is 5.41 Å². The van der Waals surface area contributed by atoms with E-state index in [0.717, 1.165) is 34.6 Å². The van der Waals surface area contributed by atoms with Crippen LogP contribution >= 0.6 is 11.8 Å². The number of aromatic hydroxyl groups is 1. The summed E-state index contributed by atoms with van der Waals surface area (Å²) in [7, 11) is 0. The van der Waals surface area contributed by atoms with Crippen LogP contribution in [0.25, 0.3) is 10.9 Å². The number of nitrogens with one attached hydrogen (secondary N) is 1. The summed E-state index contributed by atoms with van der Waals surface area (Å²) in [5.74, 6) is 0.0509. The van der Waals surface area contributed by atoms with Crippen LogP contribution in [0.2, 0.25) is 0 Å². The molecule has 2 aliphatic heterocycles. The molecule has 0 bridgehead atoms. The van der Waals surface area contributed by atoms with Gasteiger partial charge >= 0.3 is 0 Å². The fourth-order valence-electron chi connectivity index (χ4n) is 5.16. The normalized spacial score (nSPS) is 22.9. The Morgan fingerprint density at radius 2 is 1.83 bits per heavy atom. The number of thioether (sulfide) groups is 1. The average Bonchev–Trinajstić information content (AvgIpc) is 3.16. The molecule has 29 heavy (non-hydrogen) atoms. The van der Waals surface area contributed by atoms with E-state index in [-0.39, 0.29) is 32.8 Å². The van der Waals surface area contributed by atoms with Gasteiger partial charge in [-0.05, 0) is 43.2 Å². The van der Waals surface area contributed by atoms with Crippen LogP contribution in [0.3, 0.4) is 0 Å². The number of carbonyl (C=O) groups excluding carboxylic acids is 1. The average molecular weight is 404 g/mol. The second kappa shape index (κ2) is 5.83. The Balaban J connectivity index is 1.89. The monoisotopic (exact) mass is 403 g/mol. The molecule has 5 rings (SSSR count). The number of carbonyl (C=O) groups is 1. The number of rotatable bonds is 2. The summed E-state index contributed by atoms with van der Waals surface area (Å²) in [6, 6.07) is 16.4. The Kier molecular flexibility index (Phi) is 3.65. The predicted octanol–water partition coefficient (Wildman–Crippen LogP) is 4.79. The van der Waals surface area contributed by atoms with Gasteiger partial charge in [0.15, 0.2) is 5.17 Å². The minimum absolute atomic E-state index is 0.0373. The van der Waals surface area contributed by atoms with Crippen LogP contribution in [0.15, 0.2) is 53.5 Å². The third-order valence-electron chi connectivity index (χ3n) is 6.19. The molecule has 0 saturated heterocycles. The van der Waals surface area contributed by atoms with Crippen molar-refractivity contribution in [2.24, 2.45) is 4.99 Å². The zero-order valence-corrected chi connectivity index (χ0v) is 17.3. The van der Waals surface area contributed by atoms with Gasteiger partial charge in [-0.2, -0.15) is 0 Å². The Bertz CT molecular complexity index is 1240. The smallest absolute Gasteiger partial charge is 0.246 e. The molecule has 3 heterocycles. The van der Waals surface area contributed by atoms with Crippen LogP contribution < -0.4 is 0 Å². The maximum atomic E-state index is 12.5. The van der Waals surface area contributed by atoms with Gasteiger partial charge in [-0.15, -0.1) is 0 Å². The number of amidine groups is 1. The molecule has 1 unspecified atom stereocenters. The highest BCUT2D eigenvalue weighted by Crippen LogP contribution is 2.52. The van der Waals surface area contributed by atoms with E-state index in [4.69, 9.17) is 5.41 Å². The molecule has 1 atom stereocenters. The minimum atomic E-state index is -0.387. The summed E-state index contributed by atoms with van der Waals surface area (Å²) >= 11 is 0.794. The first-order valence-corrected chi connectivity index (χ1v) is 10.4. The third-order valence-corrected chi connectivity index (χ3v) is 6.86. The molecule has 0 fully saturated rings. The lowest BCUT2D eigenvalue weighted by molar-refractivity contribution is -0.105. The number of para-hydroxylation sites is 1. The molecule has 5 nitrogen and oxygen atoms in total. The van der Waals surface area contributed by atoms with Gasteiger partial charge in [0.2, 0.25) is 11.0 Å². The number of benzene rings is 2. The second-order valence-corrected chi connectivity index (χ2v) is 9.54. The highest BCUT2D eigenvalue weighted by molar-refractivity contribution is 8.28. The van der Waals surface area contributed by atoms with E-state index in [2.05, 4.69) is 56.1 Å². The number of nitrogens with zero attached hydrogens (tertiary/aromatic N) is 2. The van der Waals surface area contributed by atoms with Crippen molar-refractivity contribution in [3.63, 3.8) is 0 Å². The standard InChI is InChI=1S/C23H21N3O2S/c1-22(2)12-23(3,13-8-5-4-6-9-13)15-11-7-10-14-16(19(27)26(22)18(14)15)17-20(28)29-21(24)25-17/h4-11,24,27H,12H2,1-3H3. The summed E-state index contributed by atoms with van der Waals surface area (Å²) in [5, 5.41) is 19.5. The van der Waals surface area contributed by atoms with Crippen molar-refractivity contribution in [2.75, 3.05) is 0 Å². The van der Waals surface area contributed by atoms with Crippen LogP contribution in [0.4, 0.5) is 0 Å². The van der Waals surface area contributed by atoms with E-state index in [1.165, 1.54) is 5.56 Å². The van der Waals surface area contributed by atoms with Crippen LogP contribution in [-0.2, 0) is 15.7 Å². The Morgan fingerprint density at radius 1 is 1.10 bits per heavy atom. The topological polar surface area (TPSA) is 78.4 Å².